The lowest BCUT2D eigenvalue weighted by Crippen LogP contribution is -2.18. The Bertz CT molecular complexity index is 696. The van der Waals surface area contributed by atoms with Crippen molar-refractivity contribution in [1.29, 1.82) is 0 Å². The van der Waals surface area contributed by atoms with E-state index in [9.17, 15) is 13.2 Å². The van der Waals surface area contributed by atoms with E-state index in [0.717, 1.165) is 0 Å². The summed E-state index contributed by atoms with van der Waals surface area (Å²) >= 11 is 11.8. The molecule has 0 heterocycles. The van der Waals surface area contributed by atoms with E-state index in [0.29, 0.717) is 21.2 Å². The number of halogens is 6. The first-order valence-electron chi connectivity index (χ1n) is 6.48. The average molecular weight is 403 g/mol. The standard InChI is InChI=1S/C15H12Cl2F3NO2.ClH/c16-11-3-1-9(7-12(11)17)10-2-4-13(22-6-5-21)14(8-10)23-15(18,19)20;/h1-4,7-8H,5-6,21H2;1H. The maximum atomic E-state index is 12.6. The van der Waals surface area contributed by atoms with Gasteiger partial charge in [-0.2, -0.15) is 0 Å². The zero-order valence-electron chi connectivity index (χ0n) is 12.1. The molecule has 0 amide bonds. The first-order valence-corrected chi connectivity index (χ1v) is 7.24. The average Bonchev–Trinajstić information content (AvgIpc) is 2.47. The first-order chi connectivity index (χ1) is 10.8. The molecule has 0 radical (unpaired) electrons. The van der Waals surface area contributed by atoms with Crippen LogP contribution in [-0.2, 0) is 0 Å². The van der Waals surface area contributed by atoms with Crippen LogP contribution >= 0.6 is 35.6 Å². The number of alkyl halides is 3. The molecule has 2 N–H and O–H groups in total. The van der Waals surface area contributed by atoms with E-state index >= 15 is 0 Å². The van der Waals surface area contributed by atoms with Crippen LogP contribution in [0.3, 0.4) is 0 Å². The molecule has 0 aromatic heterocycles. The molecule has 0 bridgehead atoms. The number of ether oxygens (including phenoxy) is 2. The lowest BCUT2D eigenvalue weighted by atomic mass is 10.1. The Morgan fingerprint density at radius 3 is 2.12 bits per heavy atom. The van der Waals surface area contributed by atoms with Crippen molar-refractivity contribution in [3.8, 4) is 22.6 Å². The van der Waals surface area contributed by atoms with Gasteiger partial charge in [-0.15, -0.1) is 25.6 Å². The van der Waals surface area contributed by atoms with Crippen molar-refractivity contribution in [2.24, 2.45) is 5.73 Å². The predicted octanol–water partition coefficient (Wildman–Crippen LogP) is 5.32. The van der Waals surface area contributed by atoms with Crippen molar-refractivity contribution >= 4 is 35.6 Å². The van der Waals surface area contributed by atoms with Gasteiger partial charge < -0.3 is 15.2 Å². The Morgan fingerprint density at radius 2 is 1.54 bits per heavy atom. The molecular weight excluding hydrogens is 390 g/mol. The minimum atomic E-state index is -4.84. The van der Waals surface area contributed by atoms with E-state index < -0.39 is 12.1 Å². The van der Waals surface area contributed by atoms with E-state index in [1.165, 1.54) is 12.1 Å². The van der Waals surface area contributed by atoms with Gasteiger partial charge in [0.25, 0.3) is 0 Å². The highest BCUT2D eigenvalue weighted by Crippen LogP contribution is 2.37. The molecule has 0 unspecified atom stereocenters. The molecule has 0 saturated heterocycles. The minimum absolute atomic E-state index is 0. The second-order valence-electron chi connectivity index (χ2n) is 4.48. The molecule has 3 nitrogen and oxygen atoms in total. The van der Waals surface area contributed by atoms with Crippen LogP contribution in [0.5, 0.6) is 11.5 Å². The lowest BCUT2D eigenvalue weighted by Gasteiger charge is -2.15. The molecule has 9 heteroatoms. The summed E-state index contributed by atoms with van der Waals surface area (Å²) in [7, 11) is 0. The molecule has 0 aliphatic carbocycles. The fourth-order valence-electron chi connectivity index (χ4n) is 1.86. The maximum absolute atomic E-state index is 12.6. The van der Waals surface area contributed by atoms with Gasteiger partial charge >= 0.3 is 6.36 Å². The number of hydrogen-bond acceptors (Lipinski definition) is 3. The molecule has 0 saturated carbocycles. The minimum Gasteiger partial charge on any atom is -0.488 e. The number of hydrogen-bond donors (Lipinski definition) is 1. The van der Waals surface area contributed by atoms with Crippen LogP contribution in [-0.4, -0.2) is 19.5 Å². The summed E-state index contributed by atoms with van der Waals surface area (Å²) in [5.74, 6) is -0.494. The third-order valence-electron chi connectivity index (χ3n) is 2.80. The summed E-state index contributed by atoms with van der Waals surface area (Å²) in [6.07, 6.45) is -4.84. The second kappa shape index (κ2) is 8.67. The summed E-state index contributed by atoms with van der Waals surface area (Å²) in [6, 6.07) is 8.95. The van der Waals surface area contributed by atoms with Gasteiger partial charge in [0.1, 0.15) is 6.61 Å². The summed E-state index contributed by atoms with van der Waals surface area (Å²) in [4.78, 5) is 0. The van der Waals surface area contributed by atoms with E-state index in [1.807, 2.05) is 0 Å². The Labute approximate surface area is 152 Å². The van der Waals surface area contributed by atoms with Crippen molar-refractivity contribution in [3.05, 3.63) is 46.4 Å². The van der Waals surface area contributed by atoms with Crippen molar-refractivity contribution < 1.29 is 22.6 Å². The highest BCUT2D eigenvalue weighted by Gasteiger charge is 2.32. The molecule has 2 aromatic rings. The Hall–Kier alpha value is -1.34. The van der Waals surface area contributed by atoms with E-state index in [4.69, 9.17) is 33.7 Å². The van der Waals surface area contributed by atoms with Crippen LogP contribution in [0.2, 0.25) is 10.0 Å². The van der Waals surface area contributed by atoms with Gasteiger partial charge in [-0.1, -0.05) is 35.3 Å². The Balaban J connectivity index is 0.00000288. The van der Waals surface area contributed by atoms with Gasteiger partial charge in [0.05, 0.1) is 10.0 Å². The Kier molecular flexibility index (Phi) is 7.48. The van der Waals surface area contributed by atoms with Crippen molar-refractivity contribution in [2.75, 3.05) is 13.2 Å². The lowest BCUT2D eigenvalue weighted by molar-refractivity contribution is -0.275. The van der Waals surface area contributed by atoms with Crippen molar-refractivity contribution in [3.63, 3.8) is 0 Å². The topological polar surface area (TPSA) is 44.5 Å². The van der Waals surface area contributed by atoms with Gasteiger partial charge in [0, 0.05) is 6.54 Å². The molecule has 0 fully saturated rings. The van der Waals surface area contributed by atoms with Gasteiger partial charge in [0.2, 0.25) is 0 Å². The maximum Gasteiger partial charge on any atom is 0.573 e. The van der Waals surface area contributed by atoms with Crippen LogP contribution in [0.25, 0.3) is 11.1 Å². The number of nitrogens with two attached hydrogens (primary N) is 1. The van der Waals surface area contributed by atoms with Crippen molar-refractivity contribution in [2.45, 2.75) is 6.36 Å². The van der Waals surface area contributed by atoms with E-state index in [2.05, 4.69) is 4.74 Å². The molecule has 0 spiro atoms. The number of benzene rings is 2. The SMILES string of the molecule is Cl.NCCOc1ccc(-c2ccc(Cl)c(Cl)c2)cc1OC(F)(F)F. The van der Waals surface area contributed by atoms with E-state index in [1.54, 1.807) is 24.3 Å². The third-order valence-corrected chi connectivity index (χ3v) is 3.54. The highest BCUT2D eigenvalue weighted by molar-refractivity contribution is 6.42. The summed E-state index contributed by atoms with van der Waals surface area (Å²) < 4.78 is 46.9. The third kappa shape index (κ3) is 5.63. The summed E-state index contributed by atoms with van der Waals surface area (Å²) in [5, 5.41) is 0.649. The molecule has 0 atom stereocenters. The van der Waals surface area contributed by atoms with Crippen LogP contribution in [0, 0.1) is 0 Å². The predicted molar refractivity (Wildman–Crippen MR) is 90.4 cm³/mol. The molecule has 2 aromatic carbocycles. The van der Waals surface area contributed by atoms with Gasteiger partial charge in [0.15, 0.2) is 11.5 Å². The molecule has 2 rings (SSSR count). The van der Waals surface area contributed by atoms with E-state index in [-0.39, 0.29) is 31.3 Å². The molecular formula is C15H13Cl3F3NO2. The Morgan fingerprint density at radius 1 is 0.917 bits per heavy atom. The molecule has 0 aliphatic rings. The fourth-order valence-corrected chi connectivity index (χ4v) is 2.15. The van der Waals surface area contributed by atoms with Crippen LogP contribution in [0.15, 0.2) is 36.4 Å². The van der Waals surface area contributed by atoms with Gasteiger partial charge in [-0.25, -0.2) is 0 Å². The number of rotatable bonds is 5. The smallest absolute Gasteiger partial charge is 0.488 e. The second-order valence-corrected chi connectivity index (χ2v) is 5.29. The van der Waals surface area contributed by atoms with Crippen molar-refractivity contribution in [1.82, 2.24) is 0 Å². The monoisotopic (exact) mass is 401 g/mol. The zero-order chi connectivity index (χ0) is 17.0. The highest BCUT2D eigenvalue weighted by atomic mass is 35.5. The first kappa shape index (κ1) is 20.7. The van der Waals surface area contributed by atoms with Gasteiger partial charge in [-0.05, 0) is 35.4 Å². The van der Waals surface area contributed by atoms with Crippen LogP contribution in [0.4, 0.5) is 13.2 Å². The van der Waals surface area contributed by atoms with Gasteiger partial charge in [-0.3, -0.25) is 0 Å². The van der Waals surface area contributed by atoms with Crippen LogP contribution in [0.1, 0.15) is 0 Å². The quantitative estimate of drug-likeness (QED) is 0.736. The molecule has 132 valence electrons. The fraction of sp³-hybridized carbons (Fsp3) is 0.200. The normalized spacial score (nSPS) is 10.9. The summed E-state index contributed by atoms with van der Waals surface area (Å²) in [6.45, 7) is 0.236. The largest absolute Gasteiger partial charge is 0.573 e. The molecule has 0 aliphatic heterocycles. The molecule has 24 heavy (non-hydrogen) atoms. The zero-order valence-corrected chi connectivity index (χ0v) is 14.4. The summed E-state index contributed by atoms with van der Waals surface area (Å²) in [5.41, 5.74) is 6.36. The van der Waals surface area contributed by atoms with Crippen LogP contribution < -0.4 is 15.2 Å².